The Labute approximate surface area is 175 Å². The van der Waals surface area contributed by atoms with Crippen LogP contribution in [0.1, 0.15) is 24.0 Å². The molecule has 0 radical (unpaired) electrons. The average Bonchev–Trinajstić information content (AvgIpc) is 2.78. The molecule has 0 atom stereocenters. The molecule has 4 rings (SSSR count). The molecule has 6 nitrogen and oxygen atoms in total. The van der Waals surface area contributed by atoms with Crippen molar-refractivity contribution in [3.05, 3.63) is 63.9 Å². The topological polar surface area (TPSA) is 67.5 Å². The summed E-state index contributed by atoms with van der Waals surface area (Å²) in [6.45, 7) is 3.45. The second-order valence-electron chi connectivity index (χ2n) is 7.68. The van der Waals surface area contributed by atoms with Gasteiger partial charge in [-0.25, -0.2) is 0 Å². The quantitative estimate of drug-likeness (QED) is 0.663. The third-order valence-electron chi connectivity index (χ3n) is 5.76. The Morgan fingerprint density at radius 2 is 1.83 bits per heavy atom. The Kier molecular flexibility index (Phi) is 5.37. The van der Waals surface area contributed by atoms with E-state index in [0.717, 1.165) is 46.5 Å². The summed E-state index contributed by atoms with van der Waals surface area (Å²) in [7, 11) is 3.36. The van der Waals surface area contributed by atoms with Crippen molar-refractivity contribution in [2.45, 2.75) is 25.9 Å². The molecule has 0 bridgehead atoms. The number of fused-ring (bicyclic) bond motifs is 1. The number of para-hydroxylation sites is 1. The van der Waals surface area contributed by atoms with Gasteiger partial charge in [0.2, 0.25) is 0 Å². The molecule has 1 saturated heterocycles. The van der Waals surface area contributed by atoms with E-state index in [4.69, 9.17) is 9.47 Å². The van der Waals surface area contributed by atoms with Gasteiger partial charge in [0.15, 0.2) is 11.5 Å². The lowest BCUT2D eigenvalue weighted by Gasteiger charge is -2.35. The molecule has 0 spiro atoms. The third-order valence-corrected chi connectivity index (χ3v) is 5.76. The number of nitrogens with zero attached hydrogens (tertiary/aromatic N) is 3. The number of anilines is 1. The SMILES string of the molecule is COc1cc(C)ccc1OC1CCN(c2c(C#N)c(=O)n(C)c3ccccc23)CC1. The average molecular weight is 403 g/mol. The van der Waals surface area contributed by atoms with E-state index < -0.39 is 0 Å². The van der Waals surface area contributed by atoms with Crippen molar-refractivity contribution in [2.75, 3.05) is 25.1 Å². The summed E-state index contributed by atoms with van der Waals surface area (Å²) >= 11 is 0. The van der Waals surface area contributed by atoms with Crippen molar-refractivity contribution in [3.63, 3.8) is 0 Å². The number of methoxy groups -OCH3 is 1. The number of aromatic nitrogens is 1. The highest BCUT2D eigenvalue weighted by Gasteiger charge is 2.26. The first-order chi connectivity index (χ1) is 14.5. The van der Waals surface area contributed by atoms with Crippen molar-refractivity contribution < 1.29 is 9.47 Å². The Balaban J connectivity index is 1.60. The number of pyridine rings is 1. The van der Waals surface area contributed by atoms with Crippen LogP contribution in [0.5, 0.6) is 11.5 Å². The molecule has 0 saturated carbocycles. The lowest BCUT2D eigenvalue weighted by atomic mass is 10.0. The van der Waals surface area contributed by atoms with E-state index >= 15 is 0 Å². The Morgan fingerprint density at radius 3 is 2.53 bits per heavy atom. The molecular formula is C24H25N3O3. The summed E-state index contributed by atoms with van der Waals surface area (Å²) in [5, 5.41) is 10.6. The summed E-state index contributed by atoms with van der Waals surface area (Å²) in [5.41, 5.74) is 2.64. The highest BCUT2D eigenvalue weighted by molar-refractivity contribution is 5.94. The number of ether oxygens (including phenoxy) is 2. The number of rotatable bonds is 4. The standard InChI is InChI=1S/C24H25N3O3/c1-16-8-9-21(22(14-16)29-3)30-17-10-12-27(13-11-17)23-18-6-4-5-7-20(18)26(2)24(28)19(23)15-25/h4-9,14,17H,10-13H2,1-3H3. The molecule has 1 aliphatic rings. The van der Waals surface area contributed by atoms with Crippen molar-refractivity contribution in [2.24, 2.45) is 7.05 Å². The van der Waals surface area contributed by atoms with E-state index in [1.807, 2.05) is 49.4 Å². The Hall–Kier alpha value is -3.46. The molecule has 30 heavy (non-hydrogen) atoms. The van der Waals surface area contributed by atoms with E-state index in [1.165, 1.54) is 0 Å². The van der Waals surface area contributed by atoms with Gasteiger partial charge in [0.25, 0.3) is 5.56 Å². The smallest absolute Gasteiger partial charge is 0.270 e. The highest BCUT2D eigenvalue weighted by Crippen LogP contribution is 2.33. The lowest BCUT2D eigenvalue weighted by Crippen LogP contribution is -2.40. The van der Waals surface area contributed by atoms with Gasteiger partial charge in [-0.15, -0.1) is 0 Å². The van der Waals surface area contributed by atoms with Crippen LogP contribution in [0.25, 0.3) is 10.9 Å². The van der Waals surface area contributed by atoms with Crippen LogP contribution in [0.15, 0.2) is 47.3 Å². The number of piperidine rings is 1. The number of benzene rings is 2. The molecule has 2 heterocycles. The summed E-state index contributed by atoms with van der Waals surface area (Å²) in [4.78, 5) is 14.9. The van der Waals surface area contributed by atoms with Crippen LogP contribution in [-0.4, -0.2) is 30.9 Å². The highest BCUT2D eigenvalue weighted by atomic mass is 16.5. The van der Waals surface area contributed by atoms with Gasteiger partial charge >= 0.3 is 0 Å². The zero-order valence-corrected chi connectivity index (χ0v) is 17.5. The lowest BCUT2D eigenvalue weighted by molar-refractivity contribution is 0.164. The molecule has 0 unspecified atom stereocenters. The summed E-state index contributed by atoms with van der Waals surface area (Å²) in [6.07, 6.45) is 1.65. The summed E-state index contributed by atoms with van der Waals surface area (Å²) in [6, 6.07) is 15.8. The second-order valence-corrected chi connectivity index (χ2v) is 7.68. The fourth-order valence-electron chi connectivity index (χ4n) is 4.16. The molecule has 0 aliphatic carbocycles. The summed E-state index contributed by atoms with van der Waals surface area (Å²) < 4.78 is 13.2. The van der Waals surface area contributed by atoms with Crippen molar-refractivity contribution in [1.29, 1.82) is 5.26 Å². The van der Waals surface area contributed by atoms with Gasteiger partial charge in [-0.1, -0.05) is 24.3 Å². The monoisotopic (exact) mass is 403 g/mol. The van der Waals surface area contributed by atoms with Crippen molar-refractivity contribution in [3.8, 4) is 17.6 Å². The Morgan fingerprint density at radius 1 is 1.10 bits per heavy atom. The minimum absolute atomic E-state index is 0.0567. The number of aryl methyl sites for hydroxylation is 2. The van der Waals surface area contributed by atoms with Crippen molar-refractivity contribution in [1.82, 2.24) is 4.57 Å². The van der Waals surface area contributed by atoms with Crippen LogP contribution >= 0.6 is 0 Å². The number of nitriles is 1. The normalized spacial score (nSPS) is 14.5. The molecule has 1 aliphatic heterocycles. The predicted molar refractivity (Wildman–Crippen MR) is 117 cm³/mol. The van der Waals surface area contributed by atoms with E-state index in [9.17, 15) is 10.1 Å². The molecule has 0 amide bonds. The number of hydrogen-bond acceptors (Lipinski definition) is 5. The third kappa shape index (κ3) is 3.48. The van der Waals surface area contributed by atoms with E-state index in [2.05, 4.69) is 11.0 Å². The fourth-order valence-corrected chi connectivity index (χ4v) is 4.16. The van der Waals surface area contributed by atoms with E-state index in [1.54, 1.807) is 18.7 Å². The maximum Gasteiger partial charge on any atom is 0.270 e. The number of hydrogen-bond donors (Lipinski definition) is 0. The molecule has 2 aromatic carbocycles. The molecule has 154 valence electrons. The van der Waals surface area contributed by atoms with Gasteiger partial charge in [-0.2, -0.15) is 5.26 Å². The minimum atomic E-state index is -0.256. The van der Waals surface area contributed by atoms with Crippen LogP contribution < -0.4 is 19.9 Å². The van der Waals surface area contributed by atoms with Gasteiger partial charge in [0.1, 0.15) is 17.7 Å². The van der Waals surface area contributed by atoms with Gasteiger partial charge in [0, 0.05) is 38.4 Å². The largest absolute Gasteiger partial charge is 0.493 e. The minimum Gasteiger partial charge on any atom is -0.493 e. The first-order valence-electron chi connectivity index (χ1n) is 10.1. The molecule has 3 aromatic rings. The van der Waals surface area contributed by atoms with Gasteiger partial charge < -0.3 is 18.9 Å². The molecule has 6 heteroatoms. The van der Waals surface area contributed by atoms with Crippen LogP contribution in [0.4, 0.5) is 5.69 Å². The van der Waals surface area contributed by atoms with Crippen LogP contribution in [-0.2, 0) is 7.05 Å². The van der Waals surface area contributed by atoms with Crippen LogP contribution in [0.3, 0.4) is 0 Å². The molecule has 1 fully saturated rings. The first-order valence-corrected chi connectivity index (χ1v) is 10.1. The fraction of sp³-hybridized carbons (Fsp3) is 0.333. The van der Waals surface area contributed by atoms with E-state index in [-0.39, 0.29) is 17.2 Å². The van der Waals surface area contributed by atoms with Gasteiger partial charge in [0.05, 0.1) is 18.3 Å². The first kappa shape index (κ1) is 19.8. The molecule has 1 aromatic heterocycles. The van der Waals surface area contributed by atoms with E-state index in [0.29, 0.717) is 13.1 Å². The zero-order valence-electron chi connectivity index (χ0n) is 17.5. The predicted octanol–water partition coefficient (Wildman–Crippen LogP) is 3.78. The van der Waals surface area contributed by atoms with Crippen LogP contribution in [0, 0.1) is 18.3 Å². The zero-order chi connectivity index (χ0) is 21.3. The van der Waals surface area contributed by atoms with Gasteiger partial charge in [-0.05, 0) is 30.7 Å². The second kappa shape index (κ2) is 8.11. The Bertz CT molecular complexity index is 1180. The molecule has 0 N–H and O–H groups in total. The molecular weight excluding hydrogens is 378 g/mol. The van der Waals surface area contributed by atoms with Gasteiger partial charge in [-0.3, -0.25) is 4.79 Å². The van der Waals surface area contributed by atoms with Crippen LogP contribution in [0.2, 0.25) is 0 Å². The maximum absolute atomic E-state index is 12.8. The maximum atomic E-state index is 12.8. The summed E-state index contributed by atoms with van der Waals surface area (Å²) in [5.74, 6) is 1.49. The van der Waals surface area contributed by atoms with Crippen molar-refractivity contribution >= 4 is 16.6 Å².